The van der Waals surface area contributed by atoms with E-state index in [-0.39, 0.29) is 0 Å². The van der Waals surface area contributed by atoms with E-state index in [9.17, 15) is 0 Å². The number of nitrogens with zero attached hydrogens (tertiary/aromatic N) is 4. The van der Waals surface area contributed by atoms with Gasteiger partial charge in [-0.15, -0.1) is 11.3 Å². The summed E-state index contributed by atoms with van der Waals surface area (Å²) in [7, 11) is 0. The number of rotatable bonds is 4. The Morgan fingerprint density at radius 1 is 0.420 bits per heavy atom. The highest BCUT2D eigenvalue weighted by molar-refractivity contribution is 7.18. The van der Waals surface area contributed by atoms with Crippen LogP contribution in [0.5, 0.6) is 0 Å². The molecule has 5 heterocycles. The Kier molecular flexibility index (Phi) is 5.80. The molecule has 0 bridgehead atoms. The van der Waals surface area contributed by atoms with E-state index >= 15 is 0 Å². The zero-order valence-corrected chi connectivity index (χ0v) is 27.7. The van der Waals surface area contributed by atoms with E-state index in [0.717, 1.165) is 22.1 Å². The summed E-state index contributed by atoms with van der Waals surface area (Å²) in [5.41, 5.74) is 11.7. The average molecular weight is 657 g/mol. The fourth-order valence-corrected chi connectivity index (χ4v) is 9.07. The third-order valence-electron chi connectivity index (χ3n) is 10.1. The molecule has 0 amide bonds. The van der Waals surface area contributed by atoms with Gasteiger partial charge in [0.15, 0.2) is 0 Å². The number of hydrogen-bond donors (Lipinski definition) is 0. The van der Waals surface area contributed by atoms with Gasteiger partial charge in [-0.25, -0.2) is 0 Å². The molecule has 0 radical (unpaired) electrons. The summed E-state index contributed by atoms with van der Waals surface area (Å²) in [6, 6.07) is 59.1. The van der Waals surface area contributed by atoms with Crippen LogP contribution >= 0.6 is 11.3 Å². The van der Waals surface area contributed by atoms with Crippen molar-refractivity contribution in [2.24, 2.45) is 0 Å². The minimum Gasteiger partial charge on any atom is -0.309 e. The molecule has 0 saturated carbocycles. The lowest BCUT2D eigenvalue weighted by Gasteiger charge is -2.09. The number of thiophene rings is 1. The normalized spacial score (nSPS) is 12.0. The second kappa shape index (κ2) is 10.5. The summed E-state index contributed by atoms with van der Waals surface area (Å²) < 4.78 is 7.20. The number of pyridine rings is 1. The zero-order valence-electron chi connectivity index (χ0n) is 26.9. The smallest absolute Gasteiger partial charge is 0.101 e. The average Bonchev–Trinajstić information content (AvgIpc) is 3.95. The topological polar surface area (TPSA) is 27.7 Å². The van der Waals surface area contributed by atoms with E-state index in [4.69, 9.17) is 4.98 Å². The van der Waals surface area contributed by atoms with Gasteiger partial charge >= 0.3 is 0 Å². The van der Waals surface area contributed by atoms with Crippen LogP contribution in [0.25, 0.3) is 92.4 Å². The predicted octanol–water partition coefficient (Wildman–Crippen LogP) is 12.1. The molecule has 0 aliphatic heterocycles. The second-order valence-corrected chi connectivity index (χ2v) is 13.9. The highest BCUT2D eigenvalue weighted by Crippen LogP contribution is 2.43. The monoisotopic (exact) mass is 656 g/mol. The quantitative estimate of drug-likeness (QED) is 0.185. The molecule has 0 aliphatic rings. The minimum absolute atomic E-state index is 1.02. The van der Waals surface area contributed by atoms with Crippen LogP contribution in [0.1, 0.15) is 0 Å². The Hall–Kier alpha value is -6.43. The third kappa shape index (κ3) is 3.84. The molecule has 0 unspecified atom stereocenters. The fraction of sp³-hybridized carbons (Fsp3) is 0. The molecule has 6 aromatic carbocycles. The molecule has 0 saturated heterocycles. The van der Waals surface area contributed by atoms with Gasteiger partial charge in [0.25, 0.3) is 0 Å². The molecule has 0 fully saturated rings. The molecule has 4 nitrogen and oxygen atoms in total. The van der Waals surface area contributed by atoms with Crippen LogP contribution in [0.2, 0.25) is 0 Å². The van der Waals surface area contributed by atoms with Gasteiger partial charge in [-0.2, -0.15) is 0 Å². The SMILES string of the molecule is c1ccc(-n2c3ccccc3c3cc(-c4ccc(-n5c6ccccc6c6c5ccc5c7ncccc7n(-c7ccccc7)c56)s4)ccc32)cc1. The van der Waals surface area contributed by atoms with Crippen molar-refractivity contribution in [1.29, 1.82) is 0 Å². The van der Waals surface area contributed by atoms with Crippen LogP contribution in [0.3, 0.4) is 0 Å². The summed E-state index contributed by atoms with van der Waals surface area (Å²) in [4.78, 5) is 6.12. The third-order valence-corrected chi connectivity index (χ3v) is 11.2. The highest BCUT2D eigenvalue weighted by Gasteiger charge is 2.22. The molecule has 0 N–H and O–H groups in total. The van der Waals surface area contributed by atoms with Gasteiger partial charge in [-0.1, -0.05) is 78.9 Å². The highest BCUT2D eigenvalue weighted by atomic mass is 32.1. The van der Waals surface area contributed by atoms with Gasteiger partial charge in [0, 0.05) is 49.4 Å². The van der Waals surface area contributed by atoms with Crippen molar-refractivity contribution in [3.05, 3.63) is 170 Å². The van der Waals surface area contributed by atoms with Crippen LogP contribution in [0.15, 0.2) is 170 Å². The Morgan fingerprint density at radius 2 is 1.06 bits per heavy atom. The largest absolute Gasteiger partial charge is 0.309 e. The van der Waals surface area contributed by atoms with Crippen LogP contribution in [-0.4, -0.2) is 18.7 Å². The van der Waals surface area contributed by atoms with Crippen molar-refractivity contribution in [2.45, 2.75) is 0 Å². The first-order valence-corrected chi connectivity index (χ1v) is 17.7. The fourth-order valence-electron chi connectivity index (χ4n) is 8.04. The molecule has 0 aliphatic carbocycles. The predicted molar refractivity (Wildman–Crippen MR) is 211 cm³/mol. The van der Waals surface area contributed by atoms with Crippen molar-refractivity contribution < 1.29 is 0 Å². The van der Waals surface area contributed by atoms with E-state index in [2.05, 4.69) is 171 Å². The van der Waals surface area contributed by atoms with Crippen molar-refractivity contribution in [3.63, 3.8) is 0 Å². The van der Waals surface area contributed by atoms with Gasteiger partial charge in [-0.05, 0) is 90.5 Å². The first kappa shape index (κ1) is 27.5. The van der Waals surface area contributed by atoms with Gasteiger partial charge in [0.2, 0.25) is 0 Å². The van der Waals surface area contributed by atoms with Gasteiger partial charge in [0.1, 0.15) is 5.00 Å². The van der Waals surface area contributed by atoms with E-state index in [1.165, 1.54) is 70.3 Å². The van der Waals surface area contributed by atoms with Crippen LogP contribution < -0.4 is 0 Å². The zero-order chi connectivity index (χ0) is 32.8. The molecule has 0 atom stereocenters. The Balaban J connectivity index is 1.14. The Morgan fingerprint density at radius 3 is 1.86 bits per heavy atom. The van der Waals surface area contributed by atoms with Crippen molar-refractivity contribution >= 4 is 76.9 Å². The maximum Gasteiger partial charge on any atom is 0.101 e. The summed E-state index contributed by atoms with van der Waals surface area (Å²) in [6.45, 7) is 0. The van der Waals surface area contributed by atoms with E-state index in [0.29, 0.717) is 0 Å². The summed E-state index contributed by atoms with van der Waals surface area (Å²) in [6.07, 6.45) is 1.90. The van der Waals surface area contributed by atoms with Crippen LogP contribution in [0.4, 0.5) is 0 Å². The van der Waals surface area contributed by atoms with E-state index in [1.807, 2.05) is 23.6 Å². The lowest BCUT2D eigenvalue weighted by molar-refractivity contribution is 1.18. The molecule has 5 heteroatoms. The lowest BCUT2D eigenvalue weighted by atomic mass is 10.1. The molecule has 0 spiro atoms. The molecular formula is C45H28N4S. The number of aromatic nitrogens is 4. The molecule has 11 rings (SSSR count). The first-order chi connectivity index (χ1) is 24.8. The maximum atomic E-state index is 4.88. The second-order valence-electron chi connectivity index (χ2n) is 12.8. The standard InChI is InChI=1S/C45H28N4S/c1-3-12-30(13-4-1)47-36-18-9-7-16-32(36)35-28-29(21-23-38(35)47)41-25-26-42(50-41)49-37-19-10-8-17-33(37)43-39(49)24-22-34-44-40(20-11-27-46-44)48(45(34)43)31-14-5-2-6-15-31/h1-28H. The lowest BCUT2D eigenvalue weighted by Crippen LogP contribution is -1.94. The van der Waals surface area contributed by atoms with Gasteiger partial charge < -0.3 is 13.7 Å². The summed E-state index contributed by atoms with van der Waals surface area (Å²) in [5.74, 6) is 0. The molecule has 50 heavy (non-hydrogen) atoms. The van der Waals surface area contributed by atoms with Crippen molar-refractivity contribution in [3.8, 4) is 26.8 Å². The Labute approximate surface area is 291 Å². The van der Waals surface area contributed by atoms with Gasteiger partial charge in [0.05, 0.1) is 38.6 Å². The van der Waals surface area contributed by atoms with Crippen molar-refractivity contribution in [1.82, 2.24) is 18.7 Å². The molecule has 234 valence electrons. The summed E-state index contributed by atoms with van der Waals surface area (Å²) >= 11 is 1.84. The number of hydrogen-bond acceptors (Lipinski definition) is 2. The number of benzene rings is 6. The summed E-state index contributed by atoms with van der Waals surface area (Å²) in [5, 5.41) is 7.36. The van der Waals surface area contributed by atoms with Crippen molar-refractivity contribution in [2.75, 3.05) is 0 Å². The maximum absolute atomic E-state index is 4.88. The Bertz CT molecular complexity index is 3090. The molecule has 5 aromatic heterocycles. The minimum atomic E-state index is 1.02. The van der Waals surface area contributed by atoms with Gasteiger partial charge in [-0.3, -0.25) is 4.98 Å². The molecular weight excluding hydrogens is 629 g/mol. The van der Waals surface area contributed by atoms with Crippen LogP contribution in [-0.2, 0) is 0 Å². The first-order valence-electron chi connectivity index (χ1n) is 16.9. The molecule has 11 aromatic rings. The number of para-hydroxylation sites is 4. The van der Waals surface area contributed by atoms with E-state index < -0.39 is 0 Å². The van der Waals surface area contributed by atoms with E-state index in [1.54, 1.807) is 0 Å². The van der Waals surface area contributed by atoms with Crippen LogP contribution in [0, 0.1) is 0 Å². The number of fused-ring (bicyclic) bond motifs is 10.